The molecule has 0 fully saturated rings. The van der Waals surface area contributed by atoms with Crippen LogP contribution in [0.1, 0.15) is 18.9 Å². The summed E-state index contributed by atoms with van der Waals surface area (Å²) in [5.74, 6) is -0.0642. The van der Waals surface area contributed by atoms with E-state index in [1.165, 1.54) is 6.08 Å². The number of rotatable bonds is 6. The van der Waals surface area contributed by atoms with Crippen molar-refractivity contribution in [1.29, 1.82) is 0 Å². The number of nitro groups is 1. The Morgan fingerprint density at radius 3 is 2.50 bits per heavy atom. The predicted molar refractivity (Wildman–Crippen MR) is 66.4 cm³/mol. The minimum atomic E-state index is -0.555. The maximum Gasteiger partial charge on any atom is 0.255 e. The van der Waals surface area contributed by atoms with Crippen LogP contribution in [0.5, 0.6) is 5.75 Å². The first-order valence-corrected chi connectivity index (χ1v) is 5.39. The van der Waals surface area contributed by atoms with E-state index in [0.717, 1.165) is 0 Å². The summed E-state index contributed by atoms with van der Waals surface area (Å²) in [6, 6.07) is 6.61. The van der Waals surface area contributed by atoms with Gasteiger partial charge in [-0.25, -0.2) is 0 Å². The SMILES string of the molecule is CC/C(=C\c1ccc(OCC(N)=O)cc1)[N+](=O)[O-]. The Balaban J connectivity index is 2.76. The molecule has 1 aromatic rings. The van der Waals surface area contributed by atoms with Gasteiger partial charge in [0.05, 0.1) is 4.92 Å². The molecule has 0 saturated carbocycles. The highest BCUT2D eigenvalue weighted by atomic mass is 16.6. The lowest BCUT2D eigenvalue weighted by Crippen LogP contribution is -2.19. The number of hydrogen-bond acceptors (Lipinski definition) is 4. The normalized spacial score (nSPS) is 11.1. The van der Waals surface area contributed by atoms with Gasteiger partial charge in [0.1, 0.15) is 5.75 Å². The zero-order valence-corrected chi connectivity index (χ0v) is 9.96. The molecule has 2 N–H and O–H groups in total. The molecule has 96 valence electrons. The summed E-state index contributed by atoms with van der Waals surface area (Å²) >= 11 is 0. The second-order valence-electron chi connectivity index (χ2n) is 3.57. The van der Waals surface area contributed by atoms with Crippen LogP contribution >= 0.6 is 0 Å². The number of hydrogen-bond donors (Lipinski definition) is 1. The fourth-order valence-electron chi connectivity index (χ4n) is 1.29. The van der Waals surface area contributed by atoms with Crippen molar-refractivity contribution >= 4 is 12.0 Å². The molecule has 1 amide bonds. The Hall–Kier alpha value is -2.37. The Labute approximate surface area is 104 Å². The van der Waals surface area contributed by atoms with E-state index in [1.54, 1.807) is 31.2 Å². The van der Waals surface area contributed by atoms with Crippen LogP contribution in [-0.2, 0) is 4.79 Å². The number of ether oxygens (including phenoxy) is 1. The fourth-order valence-corrected chi connectivity index (χ4v) is 1.29. The highest BCUT2D eigenvalue weighted by molar-refractivity contribution is 5.75. The van der Waals surface area contributed by atoms with Crippen molar-refractivity contribution in [1.82, 2.24) is 0 Å². The van der Waals surface area contributed by atoms with E-state index >= 15 is 0 Å². The molecule has 0 aliphatic rings. The number of benzene rings is 1. The summed E-state index contributed by atoms with van der Waals surface area (Å²) in [5.41, 5.74) is 5.78. The van der Waals surface area contributed by atoms with Crippen LogP contribution < -0.4 is 10.5 Å². The fraction of sp³-hybridized carbons (Fsp3) is 0.250. The topological polar surface area (TPSA) is 95.5 Å². The summed E-state index contributed by atoms with van der Waals surface area (Å²) in [6.45, 7) is 1.53. The van der Waals surface area contributed by atoms with Gasteiger partial charge in [0.25, 0.3) is 5.91 Å². The van der Waals surface area contributed by atoms with Crippen LogP contribution in [-0.4, -0.2) is 17.4 Å². The van der Waals surface area contributed by atoms with E-state index in [2.05, 4.69) is 0 Å². The largest absolute Gasteiger partial charge is 0.484 e. The monoisotopic (exact) mass is 250 g/mol. The number of carbonyl (C=O) groups is 1. The zero-order chi connectivity index (χ0) is 13.5. The molecular formula is C12H14N2O4. The number of primary amides is 1. The zero-order valence-electron chi connectivity index (χ0n) is 9.96. The number of nitrogens with two attached hydrogens (primary N) is 1. The van der Waals surface area contributed by atoms with E-state index in [4.69, 9.17) is 10.5 Å². The molecular weight excluding hydrogens is 236 g/mol. The van der Waals surface area contributed by atoms with Crippen molar-refractivity contribution in [3.63, 3.8) is 0 Å². The van der Waals surface area contributed by atoms with Gasteiger partial charge in [-0.05, 0) is 17.7 Å². The summed E-state index contributed by atoms with van der Waals surface area (Å²) in [4.78, 5) is 20.7. The van der Waals surface area contributed by atoms with Crippen LogP contribution in [0.2, 0.25) is 0 Å². The third-order valence-electron chi connectivity index (χ3n) is 2.19. The minimum Gasteiger partial charge on any atom is -0.484 e. The smallest absolute Gasteiger partial charge is 0.255 e. The minimum absolute atomic E-state index is 0.140. The van der Waals surface area contributed by atoms with Crippen LogP contribution in [0.15, 0.2) is 30.0 Å². The van der Waals surface area contributed by atoms with Gasteiger partial charge in [0.2, 0.25) is 5.70 Å². The molecule has 6 heteroatoms. The molecule has 1 rings (SSSR count). The molecule has 0 aliphatic carbocycles. The van der Waals surface area contributed by atoms with Crippen molar-refractivity contribution in [2.24, 2.45) is 5.73 Å². The Morgan fingerprint density at radius 1 is 1.44 bits per heavy atom. The van der Waals surface area contributed by atoms with Gasteiger partial charge in [0, 0.05) is 12.5 Å². The van der Waals surface area contributed by atoms with Gasteiger partial charge in [-0.1, -0.05) is 19.1 Å². The van der Waals surface area contributed by atoms with Crippen LogP contribution in [0.4, 0.5) is 0 Å². The van der Waals surface area contributed by atoms with Crippen LogP contribution in [0.25, 0.3) is 6.08 Å². The highest BCUT2D eigenvalue weighted by Gasteiger charge is 2.07. The summed E-state index contributed by atoms with van der Waals surface area (Å²) in [7, 11) is 0. The van der Waals surface area contributed by atoms with Crippen molar-refractivity contribution in [3.8, 4) is 5.75 Å². The average molecular weight is 250 g/mol. The van der Waals surface area contributed by atoms with E-state index in [-0.39, 0.29) is 12.3 Å². The second-order valence-corrected chi connectivity index (χ2v) is 3.57. The first kappa shape index (κ1) is 13.7. The number of allylic oxidation sites excluding steroid dienone is 1. The lowest BCUT2D eigenvalue weighted by Gasteiger charge is -2.03. The molecule has 0 aromatic heterocycles. The first-order chi connectivity index (χ1) is 8.52. The maximum atomic E-state index is 10.6. The van der Waals surface area contributed by atoms with E-state index in [1.807, 2.05) is 0 Å². The lowest BCUT2D eigenvalue weighted by molar-refractivity contribution is -0.425. The second kappa shape index (κ2) is 6.39. The van der Waals surface area contributed by atoms with Gasteiger partial charge in [-0.15, -0.1) is 0 Å². The number of amides is 1. The number of carbonyl (C=O) groups excluding carboxylic acids is 1. The quantitative estimate of drug-likeness (QED) is 0.612. The summed E-state index contributed by atoms with van der Waals surface area (Å²) < 4.78 is 5.07. The van der Waals surface area contributed by atoms with E-state index in [0.29, 0.717) is 17.7 Å². The molecule has 1 aromatic carbocycles. The molecule has 0 atom stereocenters. The molecule has 0 radical (unpaired) electrons. The highest BCUT2D eigenvalue weighted by Crippen LogP contribution is 2.15. The molecule has 0 unspecified atom stereocenters. The van der Waals surface area contributed by atoms with Gasteiger partial charge in [-0.2, -0.15) is 0 Å². The van der Waals surface area contributed by atoms with Crippen LogP contribution in [0.3, 0.4) is 0 Å². The average Bonchev–Trinajstić information content (AvgIpc) is 2.34. The lowest BCUT2D eigenvalue weighted by atomic mass is 10.1. The van der Waals surface area contributed by atoms with Crippen LogP contribution in [0, 0.1) is 10.1 Å². The first-order valence-electron chi connectivity index (χ1n) is 5.39. The van der Waals surface area contributed by atoms with Gasteiger partial charge >= 0.3 is 0 Å². The van der Waals surface area contributed by atoms with Crippen molar-refractivity contribution in [3.05, 3.63) is 45.6 Å². The molecule has 0 aliphatic heterocycles. The molecule has 6 nitrogen and oxygen atoms in total. The Bertz CT molecular complexity index is 465. The molecule has 0 saturated heterocycles. The summed E-state index contributed by atoms with van der Waals surface area (Å²) in [6.07, 6.45) is 1.85. The number of nitrogens with zero attached hydrogens (tertiary/aromatic N) is 1. The standard InChI is InChI=1S/C12H14N2O4/c1-2-10(14(16)17)7-9-3-5-11(6-4-9)18-8-12(13)15/h3-7H,2,8H2,1H3,(H2,13,15)/b10-7+. The van der Waals surface area contributed by atoms with Crippen molar-refractivity contribution < 1.29 is 14.5 Å². The van der Waals surface area contributed by atoms with Gasteiger partial charge in [-0.3, -0.25) is 14.9 Å². The Kier molecular flexibility index (Phi) is 4.86. The maximum absolute atomic E-state index is 10.6. The van der Waals surface area contributed by atoms with E-state index in [9.17, 15) is 14.9 Å². The van der Waals surface area contributed by atoms with Crippen molar-refractivity contribution in [2.75, 3.05) is 6.61 Å². The van der Waals surface area contributed by atoms with Crippen molar-refractivity contribution in [2.45, 2.75) is 13.3 Å². The third-order valence-corrected chi connectivity index (χ3v) is 2.19. The molecule has 0 heterocycles. The predicted octanol–water partition coefficient (Wildman–Crippen LogP) is 1.58. The summed E-state index contributed by atoms with van der Waals surface area (Å²) in [5, 5.41) is 10.6. The third kappa shape index (κ3) is 4.25. The molecule has 18 heavy (non-hydrogen) atoms. The van der Waals surface area contributed by atoms with Gasteiger partial charge < -0.3 is 10.5 Å². The van der Waals surface area contributed by atoms with E-state index < -0.39 is 10.8 Å². The van der Waals surface area contributed by atoms with Gasteiger partial charge in [0.15, 0.2) is 6.61 Å². The Morgan fingerprint density at radius 2 is 2.06 bits per heavy atom. The molecule has 0 spiro atoms. The molecule has 0 bridgehead atoms.